The van der Waals surface area contributed by atoms with Crippen LogP contribution in [0.1, 0.15) is 7.43 Å². The standard InChI is InChI=1S/C12H6Br2O2S.C12H6Br2S.CH4.H2O/c13-7-1-3-11-9(5-7)10-6-8(14)2-4-12(10)17(11,15)16;13-7-1-3-11-9(5-7)10-6-8(14)2-4-12(10)15-11;;/h1-6H;1-6H;1H4;1H2. The first-order chi connectivity index (χ1) is 15.2. The molecule has 176 valence electrons. The zero-order chi connectivity index (χ0) is 22.6. The van der Waals surface area contributed by atoms with Crippen molar-refractivity contribution in [3.8, 4) is 11.1 Å². The second kappa shape index (κ2) is 10.5. The van der Waals surface area contributed by atoms with Gasteiger partial charge >= 0.3 is 0 Å². The van der Waals surface area contributed by atoms with E-state index in [1.165, 1.54) is 20.2 Å². The highest BCUT2D eigenvalue weighted by Gasteiger charge is 2.32. The summed E-state index contributed by atoms with van der Waals surface area (Å²) in [5.41, 5.74) is 1.52. The van der Waals surface area contributed by atoms with Crippen LogP contribution in [0.3, 0.4) is 0 Å². The first-order valence-corrected chi connectivity index (χ1v) is 14.8. The van der Waals surface area contributed by atoms with Gasteiger partial charge in [-0.15, -0.1) is 11.3 Å². The van der Waals surface area contributed by atoms with Crippen LogP contribution in [0.5, 0.6) is 0 Å². The molecule has 9 heteroatoms. The Balaban J connectivity index is 0.000000181. The molecule has 0 unspecified atom stereocenters. The maximum absolute atomic E-state index is 12.3. The van der Waals surface area contributed by atoms with Gasteiger partial charge in [0.1, 0.15) is 0 Å². The van der Waals surface area contributed by atoms with Crippen molar-refractivity contribution >= 4 is 105 Å². The lowest BCUT2D eigenvalue weighted by atomic mass is 10.1. The van der Waals surface area contributed by atoms with Crippen molar-refractivity contribution < 1.29 is 13.9 Å². The largest absolute Gasteiger partial charge is 0.412 e. The fourth-order valence-corrected chi connectivity index (χ4v) is 7.89. The molecule has 0 saturated carbocycles. The molecule has 6 rings (SSSR count). The van der Waals surface area contributed by atoms with Crippen molar-refractivity contribution in [1.82, 2.24) is 0 Å². The van der Waals surface area contributed by atoms with E-state index in [1.807, 2.05) is 23.5 Å². The van der Waals surface area contributed by atoms with Gasteiger partial charge in [-0.3, -0.25) is 0 Å². The molecule has 0 radical (unpaired) electrons. The summed E-state index contributed by atoms with van der Waals surface area (Å²) in [6.07, 6.45) is 0. The maximum Gasteiger partial charge on any atom is 0.207 e. The number of sulfone groups is 1. The Bertz CT molecular complexity index is 1530. The van der Waals surface area contributed by atoms with Crippen LogP contribution in [-0.2, 0) is 9.84 Å². The molecule has 0 fully saturated rings. The molecular weight excluding hydrogens is 732 g/mol. The summed E-state index contributed by atoms with van der Waals surface area (Å²) in [7, 11) is -3.34. The molecular formula is C25H18Br4O3S2. The van der Waals surface area contributed by atoms with Crippen LogP contribution >= 0.6 is 75.1 Å². The summed E-state index contributed by atoms with van der Waals surface area (Å²) in [6.45, 7) is 0. The Labute approximate surface area is 235 Å². The summed E-state index contributed by atoms with van der Waals surface area (Å²) < 4.78 is 31.2. The molecule has 3 nitrogen and oxygen atoms in total. The molecule has 4 aromatic carbocycles. The van der Waals surface area contributed by atoms with Gasteiger partial charge in [0.15, 0.2) is 0 Å². The molecule has 0 atom stereocenters. The van der Waals surface area contributed by atoms with E-state index in [-0.39, 0.29) is 12.9 Å². The minimum atomic E-state index is -3.34. The van der Waals surface area contributed by atoms with Crippen LogP contribution in [0.25, 0.3) is 31.3 Å². The highest BCUT2D eigenvalue weighted by molar-refractivity contribution is 9.11. The van der Waals surface area contributed by atoms with Crippen molar-refractivity contribution in [2.24, 2.45) is 0 Å². The number of rotatable bonds is 0. The van der Waals surface area contributed by atoms with Crippen LogP contribution in [0.2, 0.25) is 0 Å². The Morgan fingerprint density at radius 1 is 0.559 bits per heavy atom. The van der Waals surface area contributed by atoms with Gasteiger partial charge in [0.05, 0.1) is 9.79 Å². The first kappa shape index (κ1) is 27.5. The molecule has 2 N–H and O–H groups in total. The first-order valence-electron chi connectivity index (χ1n) is 9.36. The number of thiophene rings is 1. The predicted octanol–water partition coefficient (Wildman–Crippen LogP) is 9.42. The second-order valence-electron chi connectivity index (χ2n) is 7.17. The number of hydrogen-bond donors (Lipinski definition) is 0. The average molecular weight is 750 g/mol. The molecule has 0 saturated heterocycles. The smallest absolute Gasteiger partial charge is 0.207 e. The molecule has 5 aromatic rings. The van der Waals surface area contributed by atoms with Crippen LogP contribution in [-0.4, -0.2) is 13.9 Å². The van der Waals surface area contributed by atoms with Gasteiger partial charge in [-0.05, 0) is 72.8 Å². The molecule has 1 aliphatic heterocycles. The normalized spacial score (nSPS) is 12.7. The molecule has 0 bridgehead atoms. The van der Waals surface area contributed by atoms with Crippen molar-refractivity contribution in [3.05, 3.63) is 90.7 Å². The van der Waals surface area contributed by atoms with Gasteiger partial charge in [-0.25, -0.2) is 8.42 Å². The molecule has 0 spiro atoms. The van der Waals surface area contributed by atoms with Gasteiger partial charge < -0.3 is 5.48 Å². The van der Waals surface area contributed by atoms with Crippen LogP contribution in [0.15, 0.2) is 100 Å². The van der Waals surface area contributed by atoms with E-state index in [2.05, 4.69) is 100 Å². The zero-order valence-electron chi connectivity index (χ0n) is 16.6. The zero-order valence-corrected chi connectivity index (χ0v) is 24.6. The van der Waals surface area contributed by atoms with Crippen LogP contribution < -0.4 is 0 Å². The molecule has 0 amide bonds. The van der Waals surface area contributed by atoms with Gasteiger partial charge in [0, 0.05) is 49.2 Å². The third kappa shape index (κ3) is 4.93. The lowest BCUT2D eigenvalue weighted by Gasteiger charge is -1.99. The number of benzene rings is 4. The van der Waals surface area contributed by atoms with Gasteiger partial charge in [-0.2, -0.15) is 0 Å². The molecule has 1 aromatic heterocycles. The Morgan fingerprint density at radius 3 is 1.32 bits per heavy atom. The Morgan fingerprint density at radius 2 is 0.912 bits per heavy atom. The quantitative estimate of drug-likeness (QED) is 0.155. The van der Waals surface area contributed by atoms with Gasteiger partial charge in [0.25, 0.3) is 0 Å². The minimum absolute atomic E-state index is 0. The monoisotopic (exact) mass is 746 g/mol. The summed E-state index contributed by atoms with van der Waals surface area (Å²) in [5, 5.41) is 2.65. The third-order valence-corrected chi connectivity index (χ3v) is 10.1. The highest BCUT2D eigenvalue weighted by atomic mass is 79.9. The SMILES string of the molecule is Brc1ccc2sc3ccc(Br)cc3c2c1.C.O.O=S1(=O)c2ccc(Br)cc2-c2cc(Br)ccc21. The molecule has 1 aliphatic rings. The highest BCUT2D eigenvalue weighted by Crippen LogP contribution is 2.45. The molecule has 2 heterocycles. The van der Waals surface area contributed by atoms with Crippen molar-refractivity contribution in [1.29, 1.82) is 0 Å². The fraction of sp³-hybridized carbons (Fsp3) is 0.0400. The maximum atomic E-state index is 12.3. The van der Waals surface area contributed by atoms with E-state index in [0.29, 0.717) is 9.79 Å². The van der Waals surface area contributed by atoms with Crippen molar-refractivity contribution in [3.63, 3.8) is 0 Å². The minimum Gasteiger partial charge on any atom is -0.412 e. The van der Waals surface area contributed by atoms with Crippen molar-refractivity contribution in [2.45, 2.75) is 17.2 Å². The lowest BCUT2D eigenvalue weighted by Crippen LogP contribution is -1.95. The summed E-state index contributed by atoms with van der Waals surface area (Å²) in [5.74, 6) is 0. The van der Waals surface area contributed by atoms with E-state index < -0.39 is 9.84 Å². The number of halogens is 4. The van der Waals surface area contributed by atoms with E-state index in [9.17, 15) is 8.42 Å². The van der Waals surface area contributed by atoms with E-state index in [1.54, 1.807) is 24.3 Å². The van der Waals surface area contributed by atoms with Crippen molar-refractivity contribution in [2.75, 3.05) is 0 Å². The summed E-state index contributed by atoms with van der Waals surface area (Å²) >= 11 is 15.6. The second-order valence-corrected chi connectivity index (χ2v) is 13.8. The molecule has 0 aliphatic carbocycles. The van der Waals surface area contributed by atoms with Crippen LogP contribution in [0, 0.1) is 0 Å². The number of fused-ring (bicyclic) bond motifs is 6. The van der Waals surface area contributed by atoms with Gasteiger partial charge in [-0.1, -0.05) is 71.1 Å². The Hall–Kier alpha value is -1.07. The average Bonchev–Trinajstić information content (AvgIpc) is 3.20. The Kier molecular flexibility index (Phi) is 8.50. The summed E-state index contributed by atoms with van der Waals surface area (Å²) in [6, 6.07) is 23.3. The topological polar surface area (TPSA) is 65.6 Å². The van der Waals surface area contributed by atoms with E-state index >= 15 is 0 Å². The number of hydrogen-bond acceptors (Lipinski definition) is 3. The van der Waals surface area contributed by atoms with E-state index in [4.69, 9.17) is 0 Å². The van der Waals surface area contributed by atoms with Gasteiger partial charge in [0.2, 0.25) is 9.84 Å². The summed E-state index contributed by atoms with van der Waals surface area (Å²) in [4.78, 5) is 0.766. The van der Waals surface area contributed by atoms with Crippen LogP contribution in [0.4, 0.5) is 0 Å². The molecule has 34 heavy (non-hydrogen) atoms. The third-order valence-electron chi connectivity index (χ3n) is 5.15. The lowest BCUT2D eigenvalue weighted by molar-refractivity contribution is 0.598. The fourth-order valence-electron chi connectivity index (χ4n) is 3.73. The van der Waals surface area contributed by atoms with E-state index in [0.717, 1.165) is 29.0 Å². The predicted molar refractivity (Wildman–Crippen MR) is 158 cm³/mol.